The van der Waals surface area contributed by atoms with Crippen LogP contribution in [-0.4, -0.2) is 31.6 Å². The van der Waals surface area contributed by atoms with Gasteiger partial charge in [-0.15, -0.1) is 0 Å². The van der Waals surface area contributed by atoms with Crippen LogP contribution in [0.1, 0.15) is 32.6 Å². The van der Waals surface area contributed by atoms with Crippen LogP contribution in [0.15, 0.2) is 0 Å². The van der Waals surface area contributed by atoms with Crippen LogP contribution < -0.4 is 11.5 Å². The van der Waals surface area contributed by atoms with Crippen LogP contribution >= 0.6 is 15.2 Å². The molecule has 0 radical (unpaired) electrons. The van der Waals surface area contributed by atoms with E-state index in [1.165, 1.54) is 19.3 Å². The molecule has 0 atom stereocenters. The SMILES string of the molecule is CCCCCC(N)N.O=P(O)(O)CP(=O)(O)O. The van der Waals surface area contributed by atoms with Crippen LogP contribution in [0.25, 0.3) is 0 Å². The molecule has 0 heterocycles. The van der Waals surface area contributed by atoms with E-state index in [9.17, 15) is 9.13 Å². The number of nitrogens with two attached hydrogens (primary N) is 2. The molecule has 0 aliphatic rings. The maximum atomic E-state index is 9.85. The van der Waals surface area contributed by atoms with E-state index in [2.05, 4.69) is 6.92 Å². The standard InChI is InChI=1S/C6H16N2.CH6O6P2/c1-2-3-4-5-6(7)8;2-8(3,4)1-9(5,6)7/h6H,2-5,7-8H2,1H3;1H2,(H2,2,3,4)(H2,5,6,7). The molecule has 0 aliphatic carbocycles. The molecule has 0 spiro atoms. The molecule has 0 rings (SSSR count). The third-order valence-corrected chi connectivity index (χ3v) is 4.46. The van der Waals surface area contributed by atoms with E-state index < -0.39 is 21.1 Å². The number of rotatable bonds is 6. The summed E-state index contributed by atoms with van der Waals surface area (Å²) in [5.74, 6) is -1.38. The Morgan fingerprint density at radius 2 is 1.41 bits per heavy atom. The molecule has 0 saturated carbocycles. The van der Waals surface area contributed by atoms with Crippen molar-refractivity contribution in [1.29, 1.82) is 0 Å². The highest BCUT2D eigenvalue weighted by Gasteiger charge is 2.26. The average Bonchev–Trinajstić information content (AvgIpc) is 1.97. The lowest BCUT2D eigenvalue weighted by molar-refractivity contribution is 0.357. The van der Waals surface area contributed by atoms with Crippen molar-refractivity contribution in [2.24, 2.45) is 11.5 Å². The van der Waals surface area contributed by atoms with Gasteiger partial charge in [-0.2, -0.15) is 0 Å². The van der Waals surface area contributed by atoms with E-state index >= 15 is 0 Å². The highest BCUT2D eigenvalue weighted by molar-refractivity contribution is 7.69. The van der Waals surface area contributed by atoms with Crippen molar-refractivity contribution < 1.29 is 28.7 Å². The summed E-state index contributed by atoms with van der Waals surface area (Å²) in [5.41, 5.74) is 10.6. The Hall–Kier alpha value is 0.220. The van der Waals surface area contributed by atoms with E-state index in [1.807, 2.05) is 0 Å². The number of hydrogen-bond acceptors (Lipinski definition) is 4. The van der Waals surface area contributed by atoms with Crippen LogP contribution in [0.3, 0.4) is 0 Å². The first-order valence-electron chi connectivity index (χ1n) is 5.08. The van der Waals surface area contributed by atoms with Crippen molar-refractivity contribution in [1.82, 2.24) is 0 Å². The fraction of sp³-hybridized carbons (Fsp3) is 1.00. The highest BCUT2D eigenvalue weighted by atomic mass is 31.2. The minimum Gasteiger partial charge on any atom is -0.324 e. The maximum Gasteiger partial charge on any atom is 0.337 e. The fourth-order valence-corrected chi connectivity index (χ4v) is 2.79. The molecule has 10 heteroatoms. The summed E-state index contributed by atoms with van der Waals surface area (Å²) in [6, 6.07) is 0. The molecular weight excluding hydrogens is 270 g/mol. The molecule has 0 amide bonds. The van der Waals surface area contributed by atoms with E-state index in [1.54, 1.807) is 0 Å². The minimum atomic E-state index is -4.55. The van der Waals surface area contributed by atoms with Crippen molar-refractivity contribution in [3.8, 4) is 0 Å². The van der Waals surface area contributed by atoms with Gasteiger partial charge in [-0.3, -0.25) is 9.13 Å². The molecule has 0 aromatic carbocycles. The van der Waals surface area contributed by atoms with Crippen molar-refractivity contribution in [2.75, 3.05) is 5.90 Å². The summed E-state index contributed by atoms with van der Waals surface area (Å²) in [7, 11) is -9.10. The Morgan fingerprint density at radius 1 is 1.00 bits per heavy atom. The number of unbranched alkanes of at least 4 members (excludes halogenated alkanes) is 2. The highest BCUT2D eigenvalue weighted by Crippen LogP contribution is 2.51. The monoisotopic (exact) mass is 292 g/mol. The molecule has 0 fully saturated rings. The lowest BCUT2D eigenvalue weighted by atomic mass is 10.2. The van der Waals surface area contributed by atoms with Crippen LogP contribution in [0.4, 0.5) is 0 Å². The van der Waals surface area contributed by atoms with Gasteiger partial charge in [-0.05, 0) is 6.42 Å². The summed E-state index contributed by atoms with van der Waals surface area (Å²) in [4.78, 5) is 31.9. The van der Waals surface area contributed by atoms with Crippen molar-refractivity contribution in [3.05, 3.63) is 0 Å². The largest absolute Gasteiger partial charge is 0.337 e. The smallest absolute Gasteiger partial charge is 0.324 e. The average molecular weight is 292 g/mol. The summed E-state index contributed by atoms with van der Waals surface area (Å²) >= 11 is 0. The molecule has 0 bridgehead atoms. The maximum absolute atomic E-state index is 9.85. The second kappa shape index (κ2) is 9.19. The van der Waals surface area contributed by atoms with Crippen molar-refractivity contribution >= 4 is 15.2 Å². The summed E-state index contributed by atoms with van der Waals surface area (Å²) in [5, 5.41) is 0. The van der Waals surface area contributed by atoms with Crippen molar-refractivity contribution in [3.63, 3.8) is 0 Å². The predicted octanol–water partition coefficient (Wildman–Crippen LogP) is 0.110. The Labute approximate surface area is 101 Å². The molecule has 17 heavy (non-hydrogen) atoms. The Bertz CT molecular complexity index is 254. The van der Waals surface area contributed by atoms with Gasteiger partial charge in [0.15, 0.2) is 5.90 Å². The zero-order chi connectivity index (χ0) is 14.1. The molecule has 0 unspecified atom stereocenters. The van der Waals surface area contributed by atoms with Crippen LogP contribution in [0, 0.1) is 0 Å². The lowest BCUT2D eigenvalue weighted by Gasteiger charge is -2.03. The Kier molecular flexibility index (Phi) is 10.6. The molecular formula is C7H22N2O6P2. The Morgan fingerprint density at radius 3 is 1.59 bits per heavy atom. The van der Waals surface area contributed by atoms with Gasteiger partial charge < -0.3 is 31.0 Å². The normalized spacial score (nSPS) is 12.2. The Balaban J connectivity index is 0. The fourth-order valence-electron chi connectivity index (χ4n) is 0.870. The van der Waals surface area contributed by atoms with Gasteiger partial charge in [0.2, 0.25) is 0 Å². The van der Waals surface area contributed by atoms with Gasteiger partial charge in [0.1, 0.15) is 0 Å². The van der Waals surface area contributed by atoms with Crippen LogP contribution in [-0.2, 0) is 9.13 Å². The zero-order valence-corrected chi connectivity index (χ0v) is 11.6. The molecule has 8 nitrogen and oxygen atoms in total. The molecule has 8 N–H and O–H groups in total. The minimum absolute atomic E-state index is 0.0958. The van der Waals surface area contributed by atoms with Gasteiger partial charge in [0.05, 0.1) is 6.17 Å². The summed E-state index contributed by atoms with van der Waals surface area (Å²) in [6.45, 7) is 2.17. The predicted molar refractivity (Wildman–Crippen MR) is 65.3 cm³/mol. The lowest BCUT2D eigenvalue weighted by Crippen LogP contribution is -2.29. The van der Waals surface area contributed by atoms with E-state index in [0.717, 1.165) is 6.42 Å². The van der Waals surface area contributed by atoms with E-state index in [4.69, 9.17) is 31.0 Å². The van der Waals surface area contributed by atoms with E-state index in [-0.39, 0.29) is 6.17 Å². The van der Waals surface area contributed by atoms with Gasteiger partial charge in [-0.25, -0.2) is 0 Å². The third-order valence-electron chi connectivity index (χ3n) is 1.51. The second-order valence-corrected chi connectivity index (χ2v) is 7.42. The molecule has 0 aromatic heterocycles. The first kappa shape index (κ1) is 19.6. The number of hydrogen-bond donors (Lipinski definition) is 6. The summed E-state index contributed by atoms with van der Waals surface area (Å²) in [6.07, 6.45) is 4.54. The third kappa shape index (κ3) is 26.1. The first-order valence-corrected chi connectivity index (χ1v) is 8.67. The second-order valence-electron chi connectivity index (χ2n) is 3.63. The summed E-state index contributed by atoms with van der Waals surface area (Å²) < 4.78 is 19.7. The quantitative estimate of drug-likeness (QED) is 0.228. The van der Waals surface area contributed by atoms with Gasteiger partial charge >= 0.3 is 15.2 Å². The first-order chi connectivity index (χ1) is 7.48. The van der Waals surface area contributed by atoms with Gasteiger partial charge in [0, 0.05) is 0 Å². The zero-order valence-electron chi connectivity index (χ0n) is 9.77. The topological polar surface area (TPSA) is 167 Å². The molecule has 0 aromatic rings. The van der Waals surface area contributed by atoms with E-state index in [0.29, 0.717) is 0 Å². The van der Waals surface area contributed by atoms with Gasteiger partial charge in [-0.1, -0.05) is 26.2 Å². The van der Waals surface area contributed by atoms with Crippen molar-refractivity contribution in [2.45, 2.75) is 38.8 Å². The molecule has 0 aliphatic heterocycles. The van der Waals surface area contributed by atoms with Crippen LogP contribution in [0.5, 0.6) is 0 Å². The van der Waals surface area contributed by atoms with Gasteiger partial charge in [0.25, 0.3) is 0 Å². The molecule has 106 valence electrons. The van der Waals surface area contributed by atoms with Crippen LogP contribution in [0.2, 0.25) is 0 Å². The molecule has 0 saturated heterocycles.